The Kier molecular flexibility index (Phi) is 5.42. The summed E-state index contributed by atoms with van der Waals surface area (Å²) in [6, 6.07) is 0. The molecule has 0 aliphatic rings. The maximum absolute atomic E-state index is 11.2. The number of ether oxygens (including phenoxy) is 1. The van der Waals surface area contributed by atoms with Crippen molar-refractivity contribution in [2.24, 2.45) is 7.05 Å². The highest BCUT2D eigenvalue weighted by molar-refractivity contribution is 5.88. The Morgan fingerprint density at radius 3 is 3.00 bits per heavy atom. The number of rotatable bonds is 7. The molecule has 0 amide bonds. The van der Waals surface area contributed by atoms with E-state index in [4.69, 9.17) is 4.74 Å². The van der Waals surface area contributed by atoms with Gasteiger partial charge < -0.3 is 14.6 Å². The van der Waals surface area contributed by atoms with E-state index >= 15 is 0 Å². The van der Waals surface area contributed by atoms with Crippen molar-refractivity contribution in [2.45, 2.75) is 13.3 Å². The van der Waals surface area contributed by atoms with Gasteiger partial charge in [0.25, 0.3) is 0 Å². The smallest absolute Gasteiger partial charge is 0.334 e. The summed E-state index contributed by atoms with van der Waals surface area (Å²) in [6.07, 6.45) is 4.50. The summed E-state index contributed by atoms with van der Waals surface area (Å²) in [5.41, 5.74) is 0.451. The summed E-state index contributed by atoms with van der Waals surface area (Å²) < 4.78 is 6.80. The van der Waals surface area contributed by atoms with E-state index in [0.29, 0.717) is 18.7 Å². The Morgan fingerprint density at radius 1 is 1.65 bits per heavy atom. The third-order valence-corrected chi connectivity index (χ3v) is 2.35. The minimum Gasteiger partial charge on any atom is -0.463 e. The number of carbonyl (C=O) groups is 1. The molecule has 17 heavy (non-hydrogen) atoms. The SMILES string of the molecule is C=C(CNCCc1nccn1C)C(=O)OCC. The maximum atomic E-state index is 11.2. The van der Waals surface area contributed by atoms with Crippen LogP contribution < -0.4 is 5.32 Å². The second-order valence-electron chi connectivity index (χ2n) is 3.71. The lowest BCUT2D eigenvalue weighted by Crippen LogP contribution is -2.24. The average Bonchev–Trinajstić information content (AvgIpc) is 2.70. The van der Waals surface area contributed by atoms with Crippen LogP contribution in [0.2, 0.25) is 0 Å². The van der Waals surface area contributed by atoms with Crippen LogP contribution in [0.25, 0.3) is 0 Å². The molecule has 0 aliphatic heterocycles. The minimum absolute atomic E-state index is 0.336. The van der Waals surface area contributed by atoms with Gasteiger partial charge >= 0.3 is 5.97 Å². The molecule has 0 spiro atoms. The zero-order valence-corrected chi connectivity index (χ0v) is 10.4. The van der Waals surface area contributed by atoms with E-state index in [0.717, 1.165) is 18.8 Å². The van der Waals surface area contributed by atoms with Crippen LogP contribution in [0.4, 0.5) is 0 Å². The predicted molar refractivity (Wildman–Crippen MR) is 65.6 cm³/mol. The molecule has 0 atom stereocenters. The molecule has 0 saturated carbocycles. The van der Waals surface area contributed by atoms with Crippen molar-refractivity contribution in [3.05, 3.63) is 30.4 Å². The fourth-order valence-electron chi connectivity index (χ4n) is 1.38. The van der Waals surface area contributed by atoms with Crippen molar-refractivity contribution < 1.29 is 9.53 Å². The fraction of sp³-hybridized carbons (Fsp3) is 0.500. The molecule has 0 aliphatic carbocycles. The number of carbonyl (C=O) groups excluding carboxylic acids is 1. The molecule has 0 radical (unpaired) electrons. The lowest BCUT2D eigenvalue weighted by molar-refractivity contribution is -0.138. The Bertz CT molecular complexity index is 385. The van der Waals surface area contributed by atoms with Crippen molar-refractivity contribution >= 4 is 5.97 Å². The van der Waals surface area contributed by atoms with Gasteiger partial charge in [-0.15, -0.1) is 0 Å². The van der Waals surface area contributed by atoms with Crippen LogP contribution in [0, 0.1) is 0 Å². The monoisotopic (exact) mass is 237 g/mol. The predicted octanol–water partition coefficient (Wildman–Crippen LogP) is 0.671. The van der Waals surface area contributed by atoms with Gasteiger partial charge in [-0.05, 0) is 6.92 Å². The summed E-state index contributed by atoms with van der Waals surface area (Å²) in [6.45, 7) is 7.03. The highest BCUT2D eigenvalue weighted by atomic mass is 16.5. The van der Waals surface area contributed by atoms with Gasteiger partial charge in [-0.3, -0.25) is 0 Å². The Hall–Kier alpha value is -1.62. The normalized spacial score (nSPS) is 10.2. The highest BCUT2D eigenvalue weighted by Gasteiger charge is 2.06. The quantitative estimate of drug-likeness (QED) is 0.430. The Balaban J connectivity index is 2.18. The standard InChI is InChI=1S/C12H19N3O2/c1-4-17-12(16)10(2)9-13-6-5-11-14-7-8-15(11)3/h7-8,13H,2,4-6,9H2,1,3H3. The third-order valence-electron chi connectivity index (χ3n) is 2.35. The third kappa shape index (κ3) is 4.40. The van der Waals surface area contributed by atoms with E-state index in [9.17, 15) is 4.79 Å². The molecule has 1 N–H and O–H groups in total. The number of hydrogen-bond acceptors (Lipinski definition) is 4. The lowest BCUT2D eigenvalue weighted by atomic mass is 10.3. The zero-order valence-electron chi connectivity index (χ0n) is 10.4. The molecule has 5 nitrogen and oxygen atoms in total. The first-order chi connectivity index (χ1) is 8.15. The zero-order chi connectivity index (χ0) is 12.7. The molecule has 94 valence electrons. The van der Waals surface area contributed by atoms with Crippen molar-refractivity contribution in [2.75, 3.05) is 19.7 Å². The van der Waals surface area contributed by atoms with Gasteiger partial charge in [-0.2, -0.15) is 0 Å². The van der Waals surface area contributed by atoms with Gasteiger partial charge in [0.2, 0.25) is 0 Å². The largest absolute Gasteiger partial charge is 0.463 e. The van der Waals surface area contributed by atoms with E-state index < -0.39 is 0 Å². The van der Waals surface area contributed by atoms with Gasteiger partial charge in [0.05, 0.1) is 6.61 Å². The first-order valence-corrected chi connectivity index (χ1v) is 5.67. The number of nitrogens with zero attached hydrogens (tertiary/aromatic N) is 2. The summed E-state index contributed by atoms with van der Waals surface area (Å²) in [5.74, 6) is 0.677. The molecule has 5 heteroatoms. The second kappa shape index (κ2) is 6.85. The van der Waals surface area contributed by atoms with Crippen molar-refractivity contribution in [1.29, 1.82) is 0 Å². The van der Waals surface area contributed by atoms with E-state index in [1.165, 1.54) is 0 Å². The molecular weight excluding hydrogens is 218 g/mol. The lowest BCUT2D eigenvalue weighted by Gasteiger charge is -2.07. The van der Waals surface area contributed by atoms with Gasteiger partial charge in [0.15, 0.2) is 0 Å². The van der Waals surface area contributed by atoms with Gasteiger partial charge in [0, 0.05) is 44.5 Å². The second-order valence-corrected chi connectivity index (χ2v) is 3.71. The molecule has 0 bridgehead atoms. The molecule has 0 saturated heterocycles. The Labute approximate surface area is 101 Å². The van der Waals surface area contributed by atoms with Crippen LogP contribution in [0.5, 0.6) is 0 Å². The minimum atomic E-state index is -0.336. The first kappa shape index (κ1) is 13.4. The molecule has 1 aromatic heterocycles. The van der Waals surface area contributed by atoms with Crippen LogP contribution in [0.15, 0.2) is 24.5 Å². The first-order valence-electron chi connectivity index (χ1n) is 5.67. The number of nitrogens with one attached hydrogen (secondary N) is 1. The number of esters is 1. The van der Waals surface area contributed by atoms with Crippen LogP contribution in [-0.4, -0.2) is 35.2 Å². The molecule has 1 heterocycles. The average molecular weight is 237 g/mol. The van der Waals surface area contributed by atoms with Crippen molar-refractivity contribution in [1.82, 2.24) is 14.9 Å². The van der Waals surface area contributed by atoms with E-state index in [-0.39, 0.29) is 5.97 Å². The highest BCUT2D eigenvalue weighted by Crippen LogP contribution is 1.95. The number of aryl methyl sites for hydroxylation is 1. The van der Waals surface area contributed by atoms with Crippen LogP contribution in [0.1, 0.15) is 12.7 Å². The molecule has 1 aromatic rings. The summed E-state index contributed by atoms with van der Waals surface area (Å²) in [7, 11) is 1.96. The van der Waals surface area contributed by atoms with E-state index in [2.05, 4.69) is 16.9 Å². The topological polar surface area (TPSA) is 56.2 Å². The van der Waals surface area contributed by atoms with Crippen LogP contribution in [0.3, 0.4) is 0 Å². The van der Waals surface area contributed by atoms with Crippen LogP contribution >= 0.6 is 0 Å². The maximum Gasteiger partial charge on any atom is 0.334 e. The number of aromatic nitrogens is 2. The van der Waals surface area contributed by atoms with E-state index in [1.54, 1.807) is 13.1 Å². The molecule has 1 rings (SSSR count). The van der Waals surface area contributed by atoms with Crippen molar-refractivity contribution in [3.63, 3.8) is 0 Å². The summed E-state index contributed by atoms with van der Waals surface area (Å²) in [5, 5.41) is 3.14. The van der Waals surface area contributed by atoms with Crippen molar-refractivity contribution in [3.8, 4) is 0 Å². The molecule has 0 fully saturated rings. The molecular formula is C12H19N3O2. The van der Waals surface area contributed by atoms with Gasteiger partial charge in [-0.25, -0.2) is 9.78 Å². The number of hydrogen-bond donors (Lipinski definition) is 1. The van der Waals surface area contributed by atoms with Gasteiger partial charge in [0.1, 0.15) is 5.82 Å². The van der Waals surface area contributed by atoms with E-state index in [1.807, 2.05) is 17.8 Å². The van der Waals surface area contributed by atoms with Gasteiger partial charge in [-0.1, -0.05) is 6.58 Å². The number of imidazole rings is 1. The summed E-state index contributed by atoms with van der Waals surface area (Å²) in [4.78, 5) is 15.4. The fourth-order valence-corrected chi connectivity index (χ4v) is 1.38. The summed E-state index contributed by atoms with van der Waals surface area (Å²) >= 11 is 0. The Morgan fingerprint density at radius 2 is 2.41 bits per heavy atom. The molecule has 0 aromatic carbocycles. The molecule has 0 unspecified atom stereocenters. The van der Waals surface area contributed by atoms with Crippen LogP contribution in [-0.2, 0) is 23.0 Å².